The zero-order chi connectivity index (χ0) is 14.5. The van der Waals surface area contributed by atoms with Crippen molar-refractivity contribution in [2.24, 2.45) is 0 Å². The minimum Gasteiger partial charge on any atom is -0.507 e. The van der Waals surface area contributed by atoms with E-state index in [9.17, 15) is 10.2 Å². The van der Waals surface area contributed by atoms with Gasteiger partial charge in [-0.05, 0) is 49.9 Å². The number of hydrogen-bond donors (Lipinski definition) is 3. The van der Waals surface area contributed by atoms with Crippen LogP contribution in [0.1, 0.15) is 29.5 Å². The predicted octanol–water partition coefficient (Wildman–Crippen LogP) is 1.56. The van der Waals surface area contributed by atoms with Gasteiger partial charge in [0.1, 0.15) is 5.75 Å². The van der Waals surface area contributed by atoms with Gasteiger partial charge in [0.25, 0.3) is 0 Å². The molecule has 0 spiro atoms. The lowest BCUT2D eigenvalue weighted by molar-refractivity contribution is 0.179. The Morgan fingerprint density at radius 1 is 1.30 bits per heavy atom. The molecule has 0 bridgehead atoms. The molecule has 3 N–H and O–H groups in total. The zero-order valence-corrected chi connectivity index (χ0v) is 12.5. The number of rotatable bonds is 6. The minimum absolute atomic E-state index is 0.183. The van der Waals surface area contributed by atoms with Gasteiger partial charge in [0.2, 0.25) is 0 Å². The average Bonchev–Trinajstić information content (AvgIpc) is 2.89. The molecule has 0 amide bonds. The Morgan fingerprint density at radius 3 is 2.55 bits per heavy atom. The van der Waals surface area contributed by atoms with Crippen molar-refractivity contribution in [2.75, 3.05) is 26.2 Å². The monoisotopic (exact) mass is 278 g/mol. The molecule has 1 aromatic carbocycles. The van der Waals surface area contributed by atoms with Crippen molar-refractivity contribution in [1.29, 1.82) is 0 Å². The van der Waals surface area contributed by atoms with Crippen LogP contribution in [0.15, 0.2) is 12.1 Å². The normalized spacial score (nSPS) is 18.9. The van der Waals surface area contributed by atoms with E-state index in [1.165, 1.54) is 18.4 Å². The molecule has 0 aromatic heterocycles. The highest BCUT2D eigenvalue weighted by molar-refractivity contribution is 5.42. The predicted molar refractivity (Wildman–Crippen MR) is 81.0 cm³/mol. The number of hydrogen-bond acceptors (Lipinski definition) is 4. The first kappa shape index (κ1) is 15.3. The molecule has 0 aliphatic carbocycles. The molecular weight excluding hydrogens is 252 g/mol. The maximum absolute atomic E-state index is 9.83. The molecule has 1 unspecified atom stereocenters. The van der Waals surface area contributed by atoms with Crippen molar-refractivity contribution in [3.63, 3.8) is 0 Å². The summed E-state index contributed by atoms with van der Waals surface area (Å²) in [5.41, 5.74) is 3.04. The number of aliphatic hydroxyl groups excluding tert-OH is 1. The van der Waals surface area contributed by atoms with Gasteiger partial charge in [-0.1, -0.05) is 12.1 Å². The lowest BCUT2D eigenvalue weighted by Gasteiger charge is -2.25. The molecule has 1 saturated heterocycles. The molecule has 1 aliphatic heterocycles. The molecule has 112 valence electrons. The zero-order valence-electron chi connectivity index (χ0n) is 12.5. The first-order valence-electron chi connectivity index (χ1n) is 7.46. The standard InChI is InChI=1S/C16H26N2O2/c1-12-8-14(9-13(2)16(12)20)10-18(6-7-19)11-15-4-3-5-17-15/h8-9,15,17,19-20H,3-7,10-11H2,1-2H3. The van der Waals surface area contributed by atoms with Crippen LogP contribution in [0.2, 0.25) is 0 Å². The second-order valence-corrected chi connectivity index (χ2v) is 5.83. The molecule has 0 saturated carbocycles. The number of aliphatic hydroxyl groups is 1. The molecular formula is C16H26N2O2. The Bertz CT molecular complexity index is 419. The van der Waals surface area contributed by atoms with E-state index in [0.29, 0.717) is 18.3 Å². The van der Waals surface area contributed by atoms with Crippen molar-refractivity contribution < 1.29 is 10.2 Å². The highest BCUT2D eigenvalue weighted by Crippen LogP contribution is 2.23. The summed E-state index contributed by atoms with van der Waals surface area (Å²) < 4.78 is 0. The van der Waals surface area contributed by atoms with Gasteiger partial charge >= 0.3 is 0 Å². The lowest BCUT2D eigenvalue weighted by Crippen LogP contribution is -2.38. The smallest absolute Gasteiger partial charge is 0.121 e. The summed E-state index contributed by atoms with van der Waals surface area (Å²) >= 11 is 0. The number of nitrogens with one attached hydrogen (secondary N) is 1. The van der Waals surface area contributed by atoms with Crippen LogP contribution < -0.4 is 5.32 Å². The van der Waals surface area contributed by atoms with E-state index < -0.39 is 0 Å². The summed E-state index contributed by atoms with van der Waals surface area (Å²) in [4.78, 5) is 2.29. The molecule has 20 heavy (non-hydrogen) atoms. The van der Waals surface area contributed by atoms with E-state index in [-0.39, 0.29) is 6.61 Å². The van der Waals surface area contributed by atoms with Crippen molar-refractivity contribution in [2.45, 2.75) is 39.3 Å². The molecule has 1 atom stereocenters. The molecule has 1 heterocycles. The van der Waals surface area contributed by atoms with Gasteiger partial charge in [0, 0.05) is 25.7 Å². The Morgan fingerprint density at radius 2 is 2.00 bits per heavy atom. The molecule has 4 heteroatoms. The van der Waals surface area contributed by atoms with Gasteiger partial charge < -0.3 is 15.5 Å². The van der Waals surface area contributed by atoms with E-state index in [2.05, 4.69) is 10.2 Å². The molecule has 1 aromatic rings. The fourth-order valence-corrected chi connectivity index (χ4v) is 3.00. The van der Waals surface area contributed by atoms with Crippen molar-refractivity contribution >= 4 is 0 Å². The summed E-state index contributed by atoms with van der Waals surface area (Å²) in [5, 5.41) is 22.6. The summed E-state index contributed by atoms with van der Waals surface area (Å²) in [6.07, 6.45) is 2.46. The maximum atomic E-state index is 9.83. The summed E-state index contributed by atoms with van der Waals surface area (Å²) in [5.74, 6) is 0.389. The Kier molecular flexibility index (Phi) is 5.40. The third kappa shape index (κ3) is 3.95. The third-order valence-corrected chi connectivity index (χ3v) is 4.01. The fourth-order valence-electron chi connectivity index (χ4n) is 3.00. The van der Waals surface area contributed by atoms with Gasteiger partial charge in [-0.25, -0.2) is 0 Å². The van der Waals surface area contributed by atoms with Crippen LogP contribution >= 0.6 is 0 Å². The number of aryl methyl sites for hydroxylation is 2. The quantitative estimate of drug-likeness (QED) is 0.739. The fraction of sp³-hybridized carbons (Fsp3) is 0.625. The van der Waals surface area contributed by atoms with Crippen LogP contribution in [0.4, 0.5) is 0 Å². The average molecular weight is 278 g/mol. The van der Waals surface area contributed by atoms with E-state index >= 15 is 0 Å². The van der Waals surface area contributed by atoms with E-state index in [1.807, 2.05) is 26.0 Å². The maximum Gasteiger partial charge on any atom is 0.121 e. The van der Waals surface area contributed by atoms with Crippen LogP contribution in [0.5, 0.6) is 5.75 Å². The van der Waals surface area contributed by atoms with Gasteiger partial charge in [0.05, 0.1) is 6.61 Å². The molecule has 1 aliphatic rings. The van der Waals surface area contributed by atoms with Gasteiger partial charge in [-0.15, -0.1) is 0 Å². The Hall–Kier alpha value is -1.10. The molecule has 0 radical (unpaired) electrons. The van der Waals surface area contributed by atoms with Crippen LogP contribution in [-0.4, -0.2) is 47.4 Å². The van der Waals surface area contributed by atoms with Crippen molar-refractivity contribution in [3.8, 4) is 5.75 Å². The van der Waals surface area contributed by atoms with Gasteiger partial charge in [-0.3, -0.25) is 4.90 Å². The number of nitrogens with zero attached hydrogens (tertiary/aromatic N) is 1. The highest BCUT2D eigenvalue weighted by atomic mass is 16.3. The van der Waals surface area contributed by atoms with Crippen LogP contribution in [-0.2, 0) is 6.54 Å². The Labute approximate surface area is 121 Å². The van der Waals surface area contributed by atoms with E-state index in [1.54, 1.807) is 0 Å². The van der Waals surface area contributed by atoms with Crippen molar-refractivity contribution in [3.05, 3.63) is 28.8 Å². The number of aromatic hydroxyl groups is 1. The van der Waals surface area contributed by atoms with E-state index in [0.717, 1.165) is 30.8 Å². The minimum atomic E-state index is 0.183. The Balaban J connectivity index is 2.03. The summed E-state index contributed by atoms with van der Waals surface area (Å²) in [6, 6.07) is 4.62. The number of phenolic OH excluding ortho intramolecular Hbond substituents is 1. The number of phenols is 1. The van der Waals surface area contributed by atoms with Crippen LogP contribution in [0, 0.1) is 13.8 Å². The molecule has 1 fully saturated rings. The lowest BCUT2D eigenvalue weighted by atomic mass is 10.0. The molecule has 4 nitrogen and oxygen atoms in total. The first-order chi connectivity index (χ1) is 9.60. The summed E-state index contributed by atoms with van der Waals surface area (Å²) in [7, 11) is 0. The highest BCUT2D eigenvalue weighted by Gasteiger charge is 2.18. The van der Waals surface area contributed by atoms with E-state index in [4.69, 9.17) is 0 Å². The van der Waals surface area contributed by atoms with Crippen molar-refractivity contribution in [1.82, 2.24) is 10.2 Å². The third-order valence-electron chi connectivity index (χ3n) is 4.01. The van der Waals surface area contributed by atoms with Gasteiger partial charge in [0.15, 0.2) is 0 Å². The molecule has 2 rings (SSSR count). The largest absolute Gasteiger partial charge is 0.507 e. The second kappa shape index (κ2) is 7.07. The first-order valence-corrected chi connectivity index (χ1v) is 7.46. The second-order valence-electron chi connectivity index (χ2n) is 5.83. The van der Waals surface area contributed by atoms with Crippen LogP contribution in [0.3, 0.4) is 0 Å². The topological polar surface area (TPSA) is 55.7 Å². The van der Waals surface area contributed by atoms with Gasteiger partial charge in [-0.2, -0.15) is 0 Å². The summed E-state index contributed by atoms with van der Waals surface area (Å²) in [6.45, 7) is 7.64. The van der Waals surface area contributed by atoms with Crippen LogP contribution in [0.25, 0.3) is 0 Å². The SMILES string of the molecule is Cc1cc(CN(CCO)CC2CCCN2)cc(C)c1O. The number of benzene rings is 1.